The van der Waals surface area contributed by atoms with Gasteiger partial charge in [0.2, 0.25) is 0 Å². The zero-order valence-corrected chi connectivity index (χ0v) is 16.6. The molecule has 1 saturated heterocycles. The Balaban J connectivity index is 1.89. The standard InChI is InChI=1S/C19H25N3O3S/c1-5-14-20-12(4)15-11(3)16(26-17(15)21-14)18(23)22-9-7-8-13(10-22)19(24)25-6-2/h13H,5-10H2,1-4H3. The Kier molecular flexibility index (Phi) is 5.55. The third kappa shape index (κ3) is 3.45. The number of thiophene rings is 1. The minimum Gasteiger partial charge on any atom is -0.466 e. The number of rotatable bonds is 4. The number of fused-ring (bicyclic) bond motifs is 1. The van der Waals surface area contributed by atoms with Gasteiger partial charge in [0.05, 0.1) is 17.4 Å². The highest BCUT2D eigenvalue weighted by Crippen LogP contribution is 2.33. The lowest BCUT2D eigenvalue weighted by molar-refractivity contribution is -0.149. The molecule has 0 aliphatic carbocycles. The topological polar surface area (TPSA) is 72.4 Å². The van der Waals surface area contributed by atoms with Crippen LogP contribution in [0.2, 0.25) is 0 Å². The van der Waals surface area contributed by atoms with Gasteiger partial charge in [-0.15, -0.1) is 11.3 Å². The fraction of sp³-hybridized carbons (Fsp3) is 0.579. The lowest BCUT2D eigenvalue weighted by Gasteiger charge is -2.31. The summed E-state index contributed by atoms with van der Waals surface area (Å²) in [6.07, 6.45) is 2.36. The van der Waals surface area contributed by atoms with Crippen LogP contribution in [0.3, 0.4) is 0 Å². The highest BCUT2D eigenvalue weighted by molar-refractivity contribution is 7.20. The number of carbonyl (C=O) groups excluding carboxylic acids is 2. The molecule has 0 saturated carbocycles. The number of likely N-dealkylation sites (tertiary alicyclic amines) is 1. The lowest BCUT2D eigenvalue weighted by Crippen LogP contribution is -2.42. The van der Waals surface area contributed by atoms with Crippen LogP contribution in [-0.4, -0.2) is 46.4 Å². The van der Waals surface area contributed by atoms with E-state index >= 15 is 0 Å². The molecule has 26 heavy (non-hydrogen) atoms. The van der Waals surface area contributed by atoms with Crippen molar-refractivity contribution in [1.29, 1.82) is 0 Å². The molecule has 1 aliphatic rings. The highest BCUT2D eigenvalue weighted by Gasteiger charge is 2.31. The molecule has 2 aromatic rings. The number of amides is 1. The quantitative estimate of drug-likeness (QED) is 0.767. The van der Waals surface area contributed by atoms with Gasteiger partial charge in [0, 0.05) is 30.6 Å². The first kappa shape index (κ1) is 18.8. The second-order valence-corrected chi connectivity index (χ2v) is 7.66. The maximum atomic E-state index is 13.1. The van der Waals surface area contributed by atoms with Gasteiger partial charge >= 0.3 is 5.97 Å². The number of hydrogen-bond donors (Lipinski definition) is 0. The molecule has 1 fully saturated rings. The van der Waals surface area contributed by atoms with Crippen molar-refractivity contribution < 1.29 is 14.3 Å². The van der Waals surface area contributed by atoms with Crippen LogP contribution in [0.25, 0.3) is 10.2 Å². The summed E-state index contributed by atoms with van der Waals surface area (Å²) in [5.74, 6) is 0.357. The van der Waals surface area contributed by atoms with Gasteiger partial charge in [-0.3, -0.25) is 9.59 Å². The molecule has 1 atom stereocenters. The van der Waals surface area contributed by atoms with Gasteiger partial charge < -0.3 is 9.64 Å². The SMILES string of the molecule is CCOC(=O)C1CCCN(C(=O)c2sc3nc(CC)nc(C)c3c2C)C1. The van der Waals surface area contributed by atoms with Crippen molar-refractivity contribution >= 4 is 33.4 Å². The van der Waals surface area contributed by atoms with Gasteiger partial charge in [-0.05, 0) is 39.2 Å². The summed E-state index contributed by atoms with van der Waals surface area (Å²) < 4.78 is 5.14. The summed E-state index contributed by atoms with van der Waals surface area (Å²) in [6, 6.07) is 0. The predicted molar refractivity (Wildman–Crippen MR) is 102 cm³/mol. The first-order chi connectivity index (χ1) is 12.5. The molecule has 0 N–H and O–H groups in total. The number of piperidine rings is 1. The summed E-state index contributed by atoms with van der Waals surface area (Å²) >= 11 is 1.43. The lowest BCUT2D eigenvalue weighted by atomic mass is 9.98. The Bertz CT molecular complexity index is 846. The Morgan fingerprint density at radius 2 is 2.04 bits per heavy atom. The Hall–Kier alpha value is -2.02. The molecule has 140 valence electrons. The van der Waals surface area contributed by atoms with E-state index in [0.29, 0.717) is 24.6 Å². The molecule has 2 aromatic heterocycles. The second-order valence-electron chi connectivity index (χ2n) is 6.66. The first-order valence-corrected chi connectivity index (χ1v) is 10.00. The molecule has 0 spiro atoms. The molecule has 0 radical (unpaired) electrons. The van der Waals surface area contributed by atoms with Gasteiger partial charge in [-0.2, -0.15) is 0 Å². The van der Waals surface area contributed by atoms with Crippen molar-refractivity contribution in [3.05, 3.63) is 22.0 Å². The molecular weight excluding hydrogens is 350 g/mol. The molecule has 1 unspecified atom stereocenters. The van der Waals surface area contributed by atoms with Crippen molar-refractivity contribution in [2.75, 3.05) is 19.7 Å². The number of esters is 1. The van der Waals surface area contributed by atoms with E-state index in [0.717, 1.165) is 46.6 Å². The molecule has 3 heterocycles. The van der Waals surface area contributed by atoms with Crippen LogP contribution in [0.1, 0.15) is 53.4 Å². The van der Waals surface area contributed by atoms with E-state index in [1.165, 1.54) is 11.3 Å². The second kappa shape index (κ2) is 7.70. The first-order valence-electron chi connectivity index (χ1n) is 9.18. The number of carbonyl (C=O) groups is 2. The molecule has 3 rings (SSSR count). The number of aryl methyl sites for hydroxylation is 3. The summed E-state index contributed by atoms with van der Waals surface area (Å²) in [5, 5.41) is 0.981. The summed E-state index contributed by atoms with van der Waals surface area (Å²) in [7, 11) is 0. The van der Waals surface area contributed by atoms with Crippen LogP contribution in [0.15, 0.2) is 0 Å². The van der Waals surface area contributed by atoms with Crippen molar-refractivity contribution in [2.24, 2.45) is 5.92 Å². The molecule has 6 nitrogen and oxygen atoms in total. The van der Waals surface area contributed by atoms with Crippen LogP contribution >= 0.6 is 11.3 Å². The summed E-state index contributed by atoms with van der Waals surface area (Å²) in [5.41, 5.74) is 1.86. The Morgan fingerprint density at radius 3 is 2.73 bits per heavy atom. The molecule has 7 heteroatoms. The van der Waals surface area contributed by atoms with E-state index < -0.39 is 0 Å². The van der Waals surface area contributed by atoms with Gasteiger partial charge in [-0.25, -0.2) is 9.97 Å². The maximum absolute atomic E-state index is 13.1. The van der Waals surface area contributed by atoms with E-state index in [2.05, 4.69) is 9.97 Å². The predicted octanol–water partition coefficient (Wildman–Crippen LogP) is 3.29. The van der Waals surface area contributed by atoms with Crippen molar-refractivity contribution in [2.45, 2.75) is 47.0 Å². The van der Waals surface area contributed by atoms with E-state index in [-0.39, 0.29) is 17.8 Å². The molecular formula is C19H25N3O3S. The largest absolute Gasteiger partial charge is 0.466 e. The average Bonchev–Trinajstić information content (AvgIpc) is 2.98. The average molecular weight is 375 g/mol. The van der Waals surface area contributed by atoms with Crippen LogP contribution in [0.5, 0.6) is 0 Å². The third-order valence-electron chi connectivity index (χ3n) is 4.86. The Labute approximate surface area is 157 Å². The van der Waals surface area contributed by atoms with Gasteiger partial charge in [0.1, 0.15) is 10.7 Å². The number of nitrogens with zero attached hydrogens (tertiary/aromatic N) is 3. The number of aromatic nitrogens is 2. The van der Waals surface area contributed by atoms with Crippen molar-refractivity contribution in [1.82, 2.24) is 14.9 Å². The minimum absolute atomic E-state index is 0.0167. The van der Waals surface area contributed by atoms with E-state index in [1.807, 2.05) is 20.8 Å². The zero-order valence-electron chi connectivity index (χ0n) is 15.8. The molecule has 0 aromatic carbocycles. The number of ether oxygens (including phenoxy) is 1. The molecule has 0 bridgehead atoms. The Morgan fingerprint density at radius 1 is 1.27 bits per heavy atom. The van der Waals surface area contributed by atoms with Crippen molar-refractivity contribution in [3.63, 3.8) is 0 Å². The normalized spacial score (nSPS) is 17.5. The van der Waals surface area contributed by atoms with Crippen LogP contribution < -0.4 is 0 Å². The fourth-order valence-corrected chi connectivity index (χ4v) is 4.73. The van der Waals surface area contributed by atoms with Crippen LogP contribution in [0.4, 0.5) is 0 Å². The van der Waals surface area contributed by atoms with Crippen molar-refractivity contribution in [3.8, 4) is 0 Å². The van der Waals surface area contributed by atoms with Gasteiger partial charge in [-0.1, -0.05) is 6.92 Å². The smallest absolute Gasteiger partial charge is 0.310 e. The van der Waals surface area contributed by atoms with Crippen LogP contribution in [-0.2, 0) is 16.0 Å². The van der Waals surface area contributed by atoms with E-state index in [4.69, 9.17) is 4.74 Å². The van der Waals surface area contributed by atoms with E-state index in [9.17, 15) is 9.59 Å². The zero-order chi connectivity index (χ0) is 18.8. The molecule has 1 aliphatic heterocycles. The monoisotopic (exact) mass is 375 g/mol. The summed E-state index contributed by atoms with van der Waals surface area (Å²) in [6.45, 7) is 9.23. The van der Waals surface area contributed by atoms with E-state index in [1.54, 1.807) is 11.8 Å². The molecule has 1 amide bonds. The maximum Gasteiger partial charge on any atom is 0.310 e. The third-order valence-corrected chi connectivity index (χ3v) is 6.03. The fourth-order valence-electron chi connectivity index (χ4n) is 3.51. The number of hydrogen-bond acceptors (Lipinski definition) is 6. The van der Waals surface area contributed by atoms with Gasteiger partial charge in [0.15, 0.2) is 0 Å². The minimum atomic E-state index is -0.226. The van der Waals surface area contributed by atoms with Crippen LogP contribution in [0, 0.1) is 19.8 Å². The van der Waals surface area contributed by atoms with Gasteiger partial charge in [0.25, 0.3) is 5.91 Å². The highest BCUT2D eigenvalue weighted by atomic mass is 32.1. The summed E-state index contributed by atoms with van der Waals surface area (Å²) in [4.78, 5) is 37.7.